The fraction of sp³-hybridized carbons (Fsp3) is 0.222. The average Bonchev–Trinajstić information content (AvgIpc) is 2.59. The molecule has 0 aliphatic carbocycles. The summed E-state index contributed by atoms with van der Waals surface area (Å²) in [5.41, 5.74) is 1.51. The van der Waals surface area contributed by atoms with E-state index in [1.54, 1.807) is 23.5 Å². The number of carbonyl (C=O) groups excluding carboxylic acids is 2. The number of halogens is 3. The highest BCUT2D eigenvalue weighted by Crippen LogP contribution is 2.20. The fourth-order valence-electron chi connectivity index (χ4n) is 2.19. The molecule has 2 aromatic rings. The second-order valence-corrected chi connectivity index (χ2v) is 5.52. The molecule has 2 aromatic carbocycles. The summed E-state index contributed by atoms with van der Waals surface area (Å²) in [6.07, 6.45) is -4.49. The highest BCUT2D eigenvalue weighted by atomic mass is 19.4. The number of hydrogen-bond acceptors (Lipinski definition) is 3. The molecule has 0 radical (unpaired) electrons. The van der Waals surface area contributed by atoms with Crippen molar-refractivity contribution in [3.8, 4) is 5.75 Å². The lowest BCUT2D eigenvalue weighted by molar-refractivity contribution is -0.123. The number of benzene rings is 2. The summed E-state index contributed by atoms with van der Waals surface area (Å²) in [7, 11) is 1.49. The maximum atomic E-state index is 12.3. The molecule has 2 amide bonds. The molecule has 0 unspecified atom stereocenters. The topological polar surface area (TPSA) is 67.4 Å². The lowest BCUT2D eigenvalue weighted by Crippen LogP contribution is -2.33. The molecule has 0 spiro atoms. The second-order valence-electron chi connectivity index (χ2n) is 5.52. The third kappa shape index (κ3) is 5.23. The number of anilines is 1. The molecule has 0 atom stereocenters. The van der Waals surface area contributed by atoms with Crippen LogP contribution in [0.3, 0.4) is 0 Å². The quantitative estimate of drug-likeness (QED) is 0.850. The third-order valence-electron chi connectivity index (χ3n) is 3.50. The van der Waals surface area contributed by atoms with Gasteiger partial charge in [0, 0.05) is 16.8 Å². The van der Waals surface area contributed by atoms with Gasteiger partial charge in [0.05, 0.1) is 7.11 Å². The Morgan fingerprint density at radius 2 is 1.73 bits per heavy atom. The first-order valence-corrected chi connectivity index (χ1v) is 7.60. The van der Waals surface area contributed by atoms with Crippen LogP contribution in [0, 0.1) is 6.92 Å². The Morgan fingerprint density at radius 1 is 1.04 bits per heavy atom. The van der Waals surface area contributed by atoms with Gasteiger partial charge in [-0.2, -0.15) is 13.2 Å². The molecular weight excluding hydrogens is 349 g/mol. The van der Waals surface area contributed by atoms with Gasteiger partial charge >= 0.3 is 6.18 Å². The molecule has 0 fully saturated rings. The Kier molecular flexibility index (Phi) is 5.86. The highest BCUT2D eigenvalue weighted by Gasteiger charge is 2.27. The zero-order valence-electron chi connectivity index (χ0n) is 14.1. The van der Waals surface area contributed by atoms with Crippen LogP contribution in [-0.4, -0.2) is 31.6 Å². The third-order valence-corrected chi connectivity index (χ3v) is 3.50. The van der Waals surface area contributed by atoms with Crippen LogP contribution in [0.5, 0.6) is 5.75 Å². The zero-order chi connectivity index (χ0) is 19.3. The summed E-state index contributed by atoms with van der Waals surface area (Å²) in [4.78, 5) is 24.1. The SMILES string of the molecule is COc1cc(C(=O)Nc2cccc(C(=O)NCC(F)(F)F)c2)ccc1C. The van der Waals surface area contributed by atoms with Crippen LogP contribution in [-0.2, 0) is 0 Å². The van der Waals surface area contributed by atoms with E-state index in [1.165, 1.54) is 31.4 Å². The predicted octanol–water partition coefficient (Wildman–Crippen LogP) is 3.55. The number of carbonyl (C=O) groups is 2. The number of hydrogen-bond donors (Lipinski definition) is 2. The number of aryl methyl sites for hydroxylation is 1. The van der Waals surface area contributed by atoms with Crippen LogP contribution in [0.1, 0.15) is 26.3 Å². The monoisotopic (exact) mass is 366 g/mol. The zero-order valence-corrected chi connectivity index (χ0v) is 14.1. The van der Waals surface area contributed by atoms with Crippen molar-refractivity contribution in [1.82, 2.24) is 5.32 Å². The summed E-state index contributed by atoms with van der Waals surface area (Å²) < 4.78 is 41.7. The lowest BCUT2D eigenvalue weighted by Gasteiger charge is -2.11. The maximum absolute atomic E-state index is 12.3. The molecule has 0 aromatic heterocycles. The lowest BCUT2D eigenvalue weighted by atomic mass is 10.1. The number of methoxy groups -OCH3 is 1. The van der Waals surface area contributed by atoms with Crippen molar-refractivity contribution in [3.63, 3.8) is 0 Å². The van der Waals surface area contributed by atoms with E-state index >= 15 is 0 Å². The second kappa shape index (κ2) is 7.90. The van der Waals surface area contributed by atoms with Crippen LogP contribution in [0.15, 0.2) is 42.5 Å². The van der Waals surface area contributed by atoms with E-state index in [4.69, 9.17) is 4.74 Å². The van der Waals surface area contributed by atoms with Crippen molar-refractivity contribution in [1.29, 1.82) is 0 Å². The molecule has 2 rings (SSSR count). The number of rotatable bonds is 5. The van der Waals surface area contributed by atoms with Gasteiger partial charge in [-0.25, -0.2) is 0 Å². The van der Waals surface area contributed by atoms with Crippen LogP contribution >= 0.6 is 0 Å². The van der Waals surface area contributed by atoms with Crippen molar-refractivity contribution >= 4 is 17.5 Å². The van der Waals surface area contributed by atoms with Crippen molar-refractivity contribution in [2.75, 3.05) is 19.0 Å². The minimum absolute atomic E-state index is 0.00790. The smallest absolute Gasteiger partial charge is 0.405 e. The Labute approximate surface area is 148 Å². The highest BCUT2D eigenvalue weighted by molar-refractivity contribution is 6.05. The summed E-state index contributed by atoms with van der Waals surface area (Å²) in [6, 6.07) is 10.6. The molecule has 26 heavy (non-hydrogen) atoms. The maximum Gasteiger partial charge on any atom is 0.405 e. The average molecular weight is 366 g/mol. The van der Waals surface area contributed by atoms with Crippen molar-refractivity contribution in [2.24, 2.45) is 0 Å². The largest absolute Gasteiger partial charge is 0.496 e. The fourth-order valence-corrected chi connectivity index (χ4v) is 2.19. The van der Waals surface area contributed by atoms with Gasteiger partial charge in [0.1, 0.15) is 12.3 Å². The minimum Gasteiger partial charge on any atom is -0.496 e. The molecule has 0 heterocycles. The predicted molar refractivity (Wildman–Crippen MR) is 90.5 cm³/mol. The van der Waals surface area contributed by atoms with E-state index in [-0.39, 0.29) is 11.3 Å². The van der Waals surface area contributed by atoms with Gasteiger partial charge < -0.3 is 15.4 Å². The number of amides is 2. The first-order valence-electron chi connectivity index (χ1n) is 7.60. The summed E-state index contributed by atoms with van der Waals surface area (Å²) in [5, 5.41) is 4.38. The molecule has 2 N–H and O–H groups in total. The van der Waals surface area contributed by atoms with Gasteiger partial charge in [0.15, 0.2) is 0 Å². The van der Waals surface area contributed by atoms with Gasteiger partial charge in [-0.05, 0) is 42.8 Å². The van der Waals surface area contributed by atoms with E-state index in [9.17, 15) is 22.8 Å². The molecule has 8 heteroatoms. The summed E-state index contributed by atoms with van der Waals surface area (Å²) in [6.45, 7) is 0.412. The van der Waals surface area contributed by atoms with Crippen LogP contribution in [0.4, 0.5) is 18.9 Å². The molecule has 5 nitrogen and oxygen atoms in total. The first kappa shape index (κ1) is 19.3. The summed E-state index contributed by atoms with van der Waals surface area (Å²) in [5.74, 6) is -0.760. The Balaban J connectivity index is 2.10. The van der Waals surface area contributed by atoms with E-state index in [0.29, 0.717) is 11.3 Å². The number of ether oxygens (including phenoxy) is 1. The molecule has 0 aliphatic heterocycles. The Morgan fingerprint density at radius 3 is 2.38 bits per heavy atom. The van der Waals surface area contributed by atoms with Gasteiger partial charge in [-0.3, -0.25) is 9.59 Å². The van der Waals surface area contributed by atoms with E-state index < -0.39 is 24.5 Å². The molecular formula is C18H17F3N2O3. The van der Waals surface area contributed by atoms with Gasteiger partial charge in [0.25, 0.3) is 11.8 Å². The van der Waals surface area contributed by atoms with Gasteiger partial charge in [0.2, 0.25) is 0 Å². The number of alkyl halides is 3. The Bertz CT molecular complexity index is 820. The Hall–Kier alpha value is -3.03. The van der Waals surface area contributed by atoms with Gasteiger partial charge in [-0.1, -0.05) is 12.1 Å². The summed E-state index contributed by atoms with van der Waals surface area (Å²) >= 11 is 0. The normalized spacial score (nSPS) is 11.0. The molecule has 0 aliphatic rings. The van der Waals surface area contributed by atoms with Crippen LogP contribution < -0.4 is 15.4 Å². The minimum atomic E-state index is -4.49. The van der Waals surface area contributed by atoms with Crippen LogP contribution in [0.2, 0.25) is 0 Å². The van der Waals surface area contributed by atoms with Crippen molar-refractivity contribution in [3.05, 3.63) is 59.2 Å². The van der Waals surface area contributed by atoms with E-state index in [0.717, 1.165) is 5.56 Å². The molecule has 0 saturated heterocycles. The molecule has 0 bridgehead atoms. The standard InChI is InChI=1S/C18H17F3N2O3/c1-11-6-7-13(9-15(11)26-2)17(25)23-14-5-3-4-12(8-14)16(24)22-10-18(19,20)21/h3-9H,10H2,1-2H3,(H,22,24)(H,23,25). The van der Waals surface area contributed by atoms with E-state index in [2.05, 4.69) is 5.32 Å². The number of nitrogens with one attached hydrogen (secondary N) is 2. The molecule has 0 saturated carbocycles. The first-order chi connectivity index (χ1) is 12.2. The van der Waals surface area contributed by atoms with Crippen LogP contribution in [0.25, 0.3) is 0 Å². The van der Waals surface area contributed by atoms with E-state index in [1.807, 2.05) is 6.92 Å². The van der Waals surface area contributed by atoms with Crippen molar-refractivity contribution in [2.45, 2.75) is 13.1 Å². The molecule has 138 valence electrons. The van der Waals surface area contributed by atoms with Gasteiger partial charge in [-0.15, -0.1) is 0 Å². The van der Waals surface area contributed by atoms with Crippen molar-refractivity contribution < 1.29 is 27.5 Å².